The maximum atomic E-state index is 9.92. The van der Waals surface area contributed by atoms with Crippen LogP contribution in [0.1, 0.15) is 77.0 Å². The number of aliphatic hydroxyl groups excluding tert-OH is 3. The van der Waals surface area contributed by atoms with Crippen LogP contribution in [0, 0.1) is 0 Å². The lowest BCUT2D eigenvalue weighted by Gasteiger charge is -2.20. The van der Waals surface area contributed by atoms with Gasteiger partial charge in [0.05, 0.1) is 13.2 Å². The molecule has 4 atom stereocenters. The highest BCUT2D eigenvalue weighted by Gasteiger charge is 2.39. The van der Waals surface area contributed by atoms with Gasteiger partial charge in [-0.3, -0.25) is 0 Å². The molecule has 0 aliphatic carbocycles. The lowest BCUT2D eigenvalue weighted by atomic mass is 10.1. The summed E-state index contributed by atoms with van der Waals surface area (Å²) in [4.78, 5) is 0. The Hall–Kier alpha value is -0.460. The number of allylic oxidation sites excluding steroid dienone is 1. The van der Waals surface area contributed by atoms with E-state index in [1.54, 1.807) is 0 Å². The van der Waals surface area contributed by atoms with Gasteiger partial charge in [0.1, 0.15) is 24.4 Å². The van der Waals surface area contributed by atoms with E-state index in [9.17, 15) is 15.3 Å². The Bertz CT molecular complexity index is 336. The molecule has 0 unspecified atom stereocenters. The predicted octanol–water partition coefficient (Wildman–Crippen LogP) is 3.35. The Morgan fingerprint density at radius 3 is 1.96 bits per heavy atom. The van der Waals surface area contributed by atoms with E-state index in [1.165, 1.54) is 57.8 Å². The van der Waals surface area contributed by atoms with Gasteiger partial charge in [0.15, 0.2) is 0 Å². The molecule has 0 spiro atoms. The van der Waals surface area contributed by atoms with Crippen LogP contribution in [0.5, 0.6) is 0 Å². The number of rotatable bonds is 17. The molecule has 0 radical (unpaired) electrons. The van der Waals surface area contributed by atoms with Crippen molar-refractivity contribution in [2.75, 3.05) is 19.8 Å². The van der Waals surface area contributed by atoms with Crippen LogP contribution in [0.15, 0.2) is 12.7 Å². The SMILES string of the molecule is C=CCCCCCCCCCCCCCOC[C@@H](O)[C@@H]1OC[C@H](O)[C@@H]1O. The normalized spacial score (nSPS) is 24.0. The van der Waals surface area contributed by atoms with Crippen LogP contribution in [0.4, 0.5) is 0 Å². The average molecular weight is 373 g/mol. The van der Waals surface area contributed by atoms with Crippen molar-refractivity contribution in [3.05, 3.63) is 12.7 Å². The van der Waals surface area contributed by atoms with Gasteiger partial charge in [0, 0.05) is 6.61 Å². The second-order valence-electron chi connectivity index (χ2n) is 7.46. The first-order valence-electron chi connectivity index (χ1n) is 10.5. The van der Waals surface area contributed by atoms with Crippen molar-refractivity contribution in [2.45, 2.75) is 101 Å². The Kier molecular flexibility index (Phi) is 14.1. The molecule has 5 nitrogen and oxygen atoms in total. The number of hydrogen-bond donors (Lipinski definition) is 3. The van der Waals surface area contributed by atoms with Crippen LogP contribution in [-0.4, -0.2) is 59.6 Å². The first-order chi connectivity index (χ1) is 12.7. The number of hydrogen-bond acceptors (Lipinski definition) is 5. The zero-order valence-corrected chi connectivity index (χ0v) is 16.4. The molecule has 0 aromatic carbocycles. The summed E-state index contributed by atoms with van der Waals surface area (Å²) in [5, 5.41) is 29.0. The molecular formula is C21H40O5. The summed E-state index contributed by atoms with van der Waals surface area (Å²) in [6.07, 6.45) is 13.7. The number of aliphatic hydroxyl groups is 3. The Morgan fingerprint density at radius 2 is 1.46 bits per heavy atom. The number of unbranched alkanes of at least 4 members (excludes halogenated alkanes) is 11. The van der Waals surface area contributed by atoms with Gasteiger partial charge in [0.2, 0.25) is 0 Å². The third-order valence-corrected chi connectivity index (χ3v) is 5.06. The highest BCUT2D eigenvalue weighted by molar-refractivity contribution is 4.87. The Labute approximate surface area is 159 Å². The summed E-state index contributed by atoms with van der Waals surface area (Å²) in [6.45, 7) is 4.57. The molecule has 0 aromatic rings. The van der Waals surface area contributed by atoms with Crippen molar-refractivity contribution < 1.29 is 24.8 Å². The molecular weight excluding hydrogens is 332 g/mol. The van der Waals surface area contributed by atoms with Gasteiger partial charge in [-0.25, -0.2) is 0 Å². The fraction of sp³-hybridized carbons (Fsp3) is 0.905. The van der Waals surface area contributed by atoms with E-state index in [-0.39, 0.29) is 13.2 Å². The van der Waals surface area contributed by atoms with Crippen molar-refractivity contribution in [2.24, 2.45) is 0 Å². The topological polar surface area (TPSA) is 79.2 Å². The smallest absolute Gasteiger partial charge is 0.114 e. The van der Waals surface area contributed by atoms with Gasteiger partial charge in [-0.15, -0.1) is 6.58 Å². The minimum Gasteiger partial charge on any atom is -0.388 e. The summed E-state index contributed by atoms with van der Waals surface area (Å²) in [5.74, 6) is 0. The molecule has 0 amide bonds. The van der Waals surface area contributed by atoms with Crippen LogP contribution in [0.25, 0.3) is 0 Å². The van der Waals surface area contributed by atoms with E-state index in [1.807, 2.05) is 6.08 Å². The summed E-state index contributed by atoms with van der Waals surface area (Å²) in [5.41, 5.74) is 0. The van der Waals surface area contributed by atoms with E-state index in [0.29, 0.717) is 6.61 Å². The fourth-order valence-corrected chi connectivity index (χ4v) is 3.35. The highest BCUT2D eigenvalue weighted by atomic mass is 16.5. The van der Waals surface area contributed by atoms with Crippen molar-refractivity contribution in [3.63, 3.8) is 0 Å². The van der Waals surface area contributed by atoms with Gasteiger partial charge in [0.25, 0.3) is 0 Å². The van der Waals surface area contributed by atoms with Gasteiger partial charge in [-0.05, 0) is 19.3 Å². The van der Waals surface area contributed by atoms with Crippen LogP contribution in [-0.2, 0) is 9.47 Å². The summed E-state index contributed by atoms with van der Waals surface area (Å²) >= 11 is 0. The third kappa shape index (κ3) is 10.6. The van der Waals surface area contributed by atoms with Crippen LogP contribution >= 0.6 is 0 Å². The molecule has 1 fully saturated rings. The second-order valence-corrected chi connectivity index (χ2v) is 7.46. The highest BCUT2D eigenvalue weighted by Crippen LogP contribution is 2.18. The number of ether oxygens (including phenoxy) is 2. The van der Waals surface area contributed by atoms with Crippen LogP contribution in [0.3, 0.4) is 0 Å². The summed E-state index contributed by atoms with van der Waals surface area (Å²) in [7, 11) is 0. The van der Waals surface area contributed by atoms with Crippen molar-refractivity contribution in [3.8, 4) is 0 Å². The molecule has 0 bridgehead atoms. The van der Waals surface area contributed by atoms with Crippen LogP contribution in [0.2, 0.25) is 0 Å². The van der Waals surface area contributed by atoms with Crippen molar-refractivity contribution in [1.82, 2.24) is 0 Å². The monoisotopic (exact) mass is 372 g/mol. The molecule has 3 N–H and O–H groups in total. The first-order valence-corrected chi connectivity index (χ1v) is 10.5. The molecule has 5 heteroatoms. The minimum atomic E-state index is -1.03. The quantitative estimate of drug-likeness (QED) is 0.269. The minimum absolute atomic E-state index is 0.0677. The average Bonchev–Trinajstić information content (AvgIpc) is 2.97. The largest absolute Gasteiger partial charge is 0.388 e. The first kappa shape index (κ1) is 23.6. The molecule has 1 heterocycles. The predicted molar refractivity (Wildman–Crippen MR) is 104 cm³/mol. The van der Waals surface area contributed by atoms with Gasteiger partial charge in [-0.1, -0.05) is 63.9 Å². The summed E-state index contributed by atoms with van der Waals surface area (Å²) < 4.78 is 10.6. The molecule has 0 aromatic heterocycles. The van der Waals surface area contributed by atoms with Crippen molar-refractivity contribution in [1.29, 1.82) is 0 Å². The van der Waals surface area contributed by atoms with Crippen LogP contribution < -0.4 is 0 Å². The maximum absolute atomic E-state index is 9.92. The van der Waals surface area contributed by atoms with E-state index < -0.39 is 24.4 Å². The second kappa shape index (κ2) is 15.6. The zero-order chi connectivity index (χ0) is 19.0. The molecule has 1 aliphatic heterocycles. The summed E-state index contributed by atoms with van der Waals surface area (Å²) in [6, 6.07) is 0. The molecule has 1 saturated heterocycles. The molecule has 1 aliphatic rings. The van der Waals surface area contributed by atoms with E-state index >= 15 is 0 Å². The van der Waals surface area contributed by atoms with Gasteiger partial charge in [-0.2, -0.15) is 0 Å². The molecule has 154 valence electrons. The maximum Gasteiger partial charge on any atom is 0.114 e. The lowest BCUT2D eigenvalue weighted by molar-refractivity contribution is -0.0813. The molecule has 0 saturated carbocycles. The van der Waals surface area contributed by atoms with E-state index in [0.717, 1.165) is 19.3 Å². The molecule has 26 heavy (non-hydrogen) atoms. The standard InChI is InChI=1S/C21H40O5/c1-2-3-4-5-6-7-8-9-10-11-12-13-14-15-25-16-19(23)21-20(24)18(22)17-26-21/h2,18-24H,1,3-17H2/t18-,19+,20-,21-/m0/s1. The Balaban J connectivity index is 1.79. The van der Waals surface area contributed by atoms with Gasteiger partial charge < -0.3 is 24.8 Å². The Morgan fingerprint density at radius 1 is 0.923 bits per heavy atom. The third-order valence-electron chi connectivity index (χ3n) is 5.06. The fourth-order valence-electron chi connectivity index (χ4n) is 3.35. The van der Waals surface area contributed by atoms with Gasteiger partial charge >= 0.3 is 0 Å². The molecule has 1 rings (SSSR count). The zero-order valence-electron chi connectivity index (χ0n) is 16.4. The van der Waals surface area contributed by atoms with E-state index in [2.05, 4.69) is 6.58 Å². The lowest BCUT2D eigenvalue weighted by Crippen LogP contribution is -2.40. The van der Waals surface area contributed by atoms with E-state index in [4.69, 9.17) is 9.47 Å². The van der Waals surface area contributed by atoms with Crippen molar-refractivity contribution >= 4 is 0 Å².